The number of rotatable bonds is 5. The fourth-order valence-corrected chi connectivity index (χ4v) is 4.63. The molecular weight excluding hydrogens is 408 g/mol. The van der Waals surface area contributed by atoms with Gasteiger partial charge in [0.1, 0.15) is 0 Å². The van der Waals surface area contributed by atoms with Gasteiger partial charge in [-0.05, 0) is 36.4 Å². The van der Waals surface area contributed by atoms with Gasteiger partial charge in [0, 0.05) is 56.3 Å². The molecule has 154 valence electrons. The second-order valence-electron chi connectivity index (χ2n) is 6.66. The van der Waals surface area contributed by atoms with E-state index < -0.39 is 14.9 Å². The molecule has 1 fully saturated rings. The number of hydrogen-bond donors (Lipinski definition) is 0. The predicted molar refractivity (Wildman–Crippen MR) is 109 cm³/mol. The highest BCUT2D eigenvalue weighted by atomic mass is 32.2. The van der Waals surface area contributed by atoms with E-state index >= 15 is 0 Å². The molecule has 1 aliphatic rings. The molecule has 0 atom stereocenters. The monoisotopic (exact) mass is 426 g/mol. The molecule has 10 nitrogen and oxygen atoms in total. The molecule has 0 N–H and O–H groups in total. The van der Waals surface area contributed by atoms with Crippen LogP contribution in [0.5, 0.6) is 0 Å². The summed E-state index contributed by atoms with van der Waals surface area (Å²) in [5.41, 5.74) is 1.44. The number of sulfonamides is 1. The van der Waals surface area contributed by atoms with Crippen LogP contribution in [0.15, 0.2) is 65.8 Å². The smallest absolute Gasteiger partial charge is 0.269 e. The first-order valence-electron chi connectivity index (χ1n) is 9.19. The second kappa shape index (κ2) is 8.13. The Morgan fingerprint density at radius 2 is 1.67 bits per heavy atom. The van der Waals surface area contributed by atoms with Gasteiger partial charge in [0.05, 0.1) is 15.5 Å². The molecule has 0 amide bonds. The van der Waals surface area contributed by atoms with Crippen LogP contribution in [0.2, 0.25) is 0 Å². The third-order valence-electron chi connectivity index (χ3n) is 4.86. The molecule has 3 heterocycles. The van der Waals surface area contributed by atoms with Gasteiger partial charge in [0.25, 0.3) is 5.69 Å². The maximum atomic E-state index is 12.8. The fourth-order valence-electron chi connectivity index (χ4n) is 3.21. The van der Waals surface area contributed by atoms with Crippen LogP contribution in [0, 0.1) is 10.1 Å². The van der Waals surface area contributed by atoms with Crippen molar-refractivity contribution in [3.63, 3.8) is 0 Å². The van der Waals surface area contributed by atoms with E-state index in [0.717, 1.165) is 5.56 Å². The first kappa shape index (κ1) is 19.9. The number of non-ortho nitro benzene ring substituents is 1. The third kappa shape index (κ3) is 3.98. The van der Waals surface area contributed by atoms with Crippen LogP contribution in [-0.2, 0) is 10.0 Å². The van der Waals surface area contributed by atoms with Gasteiger partial charge in [-0.25, -0.2) is 8.42 Å². The third-order valence-corrected chi connectivity index (χ3v) is 6.77. The van der Waals surface area contributed by atoms with Crippen LogP contribution in [0.4, 0.5) is 11.5 Å². The van der Waals surface area contributed by atoms with Crippen LogP contribution < -0.4 is 4.90 Å². The summed E-state index contributed by atoms with van der Waals surface area (Å²) in [4.78, 5) is 16.3. The molecule has 0 radical (unpaired) electrons. The number of nitro groups is 1. The van der Waals surface area contributed by atoms with Crippen molar-refractivity contribution in [3.05, 3.63) is 71.0 Å². The number of pyridine rings is 1. The van der Waals surface area contributed by atoms with Crippen LogP contribution in [0.3, 0.4) is 0 Å². The van der Waals surface area contributed by atoms with Gasteiger partial charge >= 0.3 is 0 Å². The summed E-state index contributed by atoms with van der Waals surface area (Å²) in [6.07, 6.45) is 3.40. The zero-order valence-electron chi connectivity index (χ0n) is 15.8. The molecular formula is C19H18N6O4S. The van der Waals surface area contributed by atoms with Crippen molar-refractivity contribution < 1.29 is 13.3 Å². The van der Waals surface area contributed by atoms with Gasteiger partial charge in [0.2, 0.25) is 10.0 Å². The van der Waals surface area contributed by atoms with Crippen molar-refractivity contribution in [3.8, 4) is 11.3 Å². The van der Waals surface area contributed by atoms with E-state index in [-0.39, 0.29) is 23.7 Å². The van der Waals surface area contributed by atoms with Gasteiger partial charge in [-0.2, -0.15) is 4.31 Å². The Kier molecular flexibility index (Phi) is 5.38. The molecule has 1 saturated heterocycles. The van der Waals surface area contributed by atoms with Crippen LogP contribution >= 0.6 is 0 Å². The lowest BCUT2D eigenvalue weighted by molar-refractivity contribution is -0.384. The average molecular weight is 426 g/mol. The Morgan fingerprint density at radius 1 is 0.933 bits per heavy atom. The van der Waals surface area contributed by atoms with Crippen molar-refractivity contribution in [1.29, 1.82) is 0 Å². The van der Waals surface area contributed by atoms with Crippen molar-refractivity contribution in [2.24, 2.45) is 0 Å². The first-order valence-corrected chi connectivity index (χ1v) is 10.6. The minimum atomic E-state index is -3.71. The maximum Gasteiger partial charge on any atom is 0.269 e. The van der Waals surface area contributed by atoms with Gasteiger partial charge in [-0.3, -0.25) is 15.1 Å². The molecule has 0 unspecified atom stereocenters. The van der Waals surface area contributed by atoms with E-state index in [1.807, 2.05) is 29.2 Å². The lowest BCUT2D eigenvalue weighted by atomic mass is 10.2. The summed E-state index contributed by atoms with van der Waals surface area (Å²) in [7, 11) is -3.71. The minimum absolute atomic E-state index is 0.0437. The Bertz CT molecular complexity index is 1130. The number of aromatic nitrogens is 3. The van der Waals surface area contributed by atoms with E-state index in [4.69, 9.17) is 0 Å². The molecule has 0 aliphatic carbocycles. The average Bonchev–Trinajstić information content (AvgIpc) is 2.80. The van der Waals surface area contributed by atoms with Crippen LogP contribution in [-0.4, -0.2) is 59.0 Å². The molecule has 0 spiro atoms. The van der Waals surface area contributed by atoms with Crippen LogP contribution in [0.1, 0.15) is 0 Å². The number of hydrogen-bond acceptors (Lipinski definition) is 8. The van der Waals surface area contributed by atoms with E-state index in [9.17, 15) is 18.5 Å². The van der Waals surface area contributed by atoms with E-state index in [0.29, 0.717) is 24.6 Å². The minimum Gasteiger partial charge on any atom is -0.352 e. The summed E-state index contributed by atoms with van der Waals surface area (Å²) in [5, 5.41) is 19.3. The maximum absolute atomic E-state index is 12.8. The number of benzene rings is 1. The predicted octanol–water partition coefficient (Wildman–Crippen LogP) is 1.96. The zero-order valence-corrected chi connectivity index (χ0v) is 16.6. The molecule has 0 bridgehead atoms. The largest absolute Gasteiger partial charge is 0.352 e. The normalized spacial score (nSPS) is 15.1. The Hall–Kier alpha value is -3.44. The van der Waals surface area contributed by atoms with Gasteiger partial charge in [-0.1, -0.05) is 0 Å². The number of piperazine rings is 1. The zero-order chi connectivity index (χ0) is 21.1. The summed E-state index contributed by atoms with van der Waals surface area (Å²) in [6, 6.07) is 12.4. The van der Waals surface area contributed by atoms with Crippen molar-refractivity contribution in [2.75, 3.05) is 31.1 Å². The number of nitrogens with zero attached hydrogens (tertiary/aromatic N) is 6. The quantitative estimate of drug-likeness (QED) is 0.448. The Balaban J connectivity index is 1.42. The molecule has 3 aromatic rings. The lowest BCUT2D eigenvalue weighted by Gasteiger charge is -2.34. The van der Waals surface area contributed by atoms with Gasteiger partial charge < -0.3 is 4.90 Å². The fraction of sp³-hybridized carbons (Fsp3) is 0.211. The summed E-state index contributed by atoms with van der Waals surface area (Å²) < 4.78 is 27.0. The molecule has 30 heavy (non-hydrogen) atoms. The molecule has 4 rings (SSSR count). The highest BCUT2D eigenvalue weighted by molar-refractivity contribution is 7.89. The molecule has 11 heteroatoms. The highest BCUT2D eigenvalue weighted by Gasteiger charge is 2.29. The molecule has 2 aromatic heterocycles. The molecule has 1 aromatic carbocycles. The SMILES string of the molecule is O=[N+]([O-])c1ccc(S(=O)(=O)N2CCN(c3ccc(-c4cccnc4)nn3)CC2)cc1. The van der Waals surface area contributed by atoms with E-state index in [2.05, 4.69) is 15.2 Å². The van der Waals surface area contributed by atoms with Crippen molar-refractivity contribution >= 4 is 21.5 Å². The van der Waals surface area contributed by atoms with Gasteiger partial charge in [-0.15, -0.1) is 10.2 Å². The highest BCUT2D eigenvalue weighted by Crippen LogP contribution is 2.23. The summed E-state index contributed by atoms with van der Waals surface area (Å²) in [6.45, 7) is 1.50. The van der Waals surface area contributed by atoms with Crippen molar-refractivity contribution in [2.45, 2.75) is 4.90 Å². The summed E-state index contributed by atoms with van der Waals surface area (Å²) >= 11 is 0. The summed E-state index contributed by atoms with van der Waals surface area (Å²) in [5.74, 6) is 0.676. The van der Waals surface area contributed by atoms with E-state index in [1.54, 1.807) is 12.4 Å². The first-order chi connectivity index (χ1) is 14.4. The Morgan fingerprint density at radius 3 is 2.23 bits per heavy atom. The number of nitro benzene ring substituents is 1. The Labute approximate surface area is 173 Å². The van der Waals surface area contributed by atoms with E-state index in [1.165, 1.54) is 28.6 Å². The topological polar surface area (TPSA) is 122 Å². The number of anilines is 1. The molecule has 1 aliphatic heterocycles. The van der Waals surface area contributed by atoms with Crippen LogP contribution in [0.25, 0.3) is 11.3 Å². The molecule has 0 saturated carbocycles. The standard InChI is InChI=1S/C19H18N6O4S/c26-25(27)16-3-5-17(6-4-16)30(28,29)24-12-10-23(11-13-24)19-8-7-18(21-22-19)15-2-1-9-20-14-15/h1-9,14H,10-13H2. The van der Waals surface area contributed by atoms with Gasteiger partial charge in [0.15, 0.2) is 5.82 Å². The second-order valence-corrected chi connectivity index (χ2v) is 8.60. The lowest BCUT2D eigenvalue weighted by Crippen LogP contribution is -2.48. The van der Waals surface area contributed by atoms with Crippen molar-refractivity contribution in [1.82, 2.24) is 19.5 Å².